The number of anilines is 1. The average molecular weight is 328 g/mol. The highest BCUT2D eigenvalue weighted by Crippen LogP contribution is 2.36. The minimum atomic E-state index is -1.18. The number of hydrogen-bond acceptors (Lipinski definition) is 5. The number of piperazine rings is 1. The predicted molar refractivity (Wildman–Crippen MR) is 90.9 cm³/mol. The molecule has 1 aliphatic carbocycles. The van der Waals surface area contributed by atoms with Crippen molar-refractivity contribution in [3.8, 4) is 0 Å². The van der Waals surface area contributed by atoms with Crippen LogP contribution in [-0.2, 0) is 0 Å². The van der Waals surface area contributed by atoms with Gasteiger partial charge in [0.2, 0.25) is 5.43 Å². The lowest BCUT2D eigenvalue weighted by molar-refractivity contribution is 0.0695. The van der Waals surface area contributed by atoms with Gasteiger partial charge in [0.15, 0.2) is 0 Å². The van der Waals surface area contributed by atoms with Gasteiger partial charge < -0.3 is 19.5 Å². The highest BCUT2D eigenvalue weighted by Gasteiger charge is 2.28. The lowest BCUT2D eigenvalue weighted by Crippen LogP contribution is -2.44. The molecule has 1 aliphatic heterocycles. The van der Waals surface area contributed by atoms with Crippen LogP contribution in [0.1, 0.15) is 29.2 Å². The van der Waals surface area contributed by atoms with E-state index in [0.29, 0.717) is 11.0 Å². The summed E-state index contributed by atoms with van der Waals surface area (Å²) >= 11 is 0. The molecular formula is C17H20N4O3. The molecule has 0 amide bonds. The van der Waals surface area contributed by atoms with Gasteiger partial charge in [-0.1, -0.05) is 0 Å². The third-order valence-corrected chi connectivity index (χ3v) is 4.86. The van der Waals surface area contributed by atoms with Crippen LogP contribution in [-0.4, -0.2) is 58.8 Å². The van der Waals surface area contributed by atoms with E-state index in [2.05, 4.69) is 16.8 Å². The molecule has 2 fully saturated rings. The Labute approximate surface area is 139 Å². The zero-order valence-electron chi connectivity index (χ0n) is 13.6. The molecular weight excluding hydrogens is 308 g/mol. The van der Waals surface area contributed by atoms with Crippen molar-refractivity contribution in [1.29, 1.82) is 0 Å². The first-order valence-corrected chi connectivity index (χ1v) is 8.27. The maximum Gasteiger partial charge on any atom is 0.341 e. The highest BCUT2D eigenvalue weighted by molar-refractivity contribution is 5.92. The molecule has 126 valence electrons. The molecule has 7 heteroatoms. The summed E-state index contributed by atoms with van der Waals surface area (Å²) in [6.45, 7) is 3.76. The summed E-state index contributed by atoms with van der Waals surface area (Å²) in [6.07, 6.45) is 3.46. The molecule has 1 N–H and O–H groups in total. The Balaban J connectivity index is 1.84. The molecule has 0 atom stereocenters. The van der Waals surface area contributed by atoms with Crippen LogP contribution >= 0.6 is 0 Å². The smallest absolute Gasteiger partial charge is 0.341 e. The molecule has 0 spiro atoms. The molecule has 0 aromatic carbocycles. The Hall–Kier alpha value is -2.41. The monoisotopic (exact) mass is 328 g/mol. The molecule has 24 heavy (non-hydrogen) atoms. The summed E-state index contributed by atoms with van der Waals surface area (Å²) < 4.78 is 1.87. The number of carbonyl (C=O) groups is 1. The predicted octanol–water partition coefficient (Wildman–Crippen LogP) is 1.18. The fraction of sp³-hybridized carbons (Fsp3) is 0.471. The molecule has 0 unspecified atom stereocenters. The van der Waals surface area contributed by atoms with Crippen molar-refractivity contribution in [2.75, 3.05) is 38.1 Å². The van der Waals surface area contributed by atoms with Crippen molar-refractivity contribution < 1.29 is 9.90 Å². The number of fused-ring (bicyclic) bond motifs is 1. The van der Waals surface area contributed by atoms with Gasteiger partial charge in [-0.05, 0) is 32.0 Å². The lowest BCUT2D eigenvalue weighted by atomic mass is 10.2. The van der Waals surface area contributed by atoms with E-state index in [1.807, 2.05) is 10.6 Å². The molecule has 2 aromatic heterocycles. The van der Waals surface area contributed by atoms with Gasteiger partial charge >= 0.3 is 5.97 Å². The normalized spacial score (nSPS) is 19.0. The van der Waals surface area contributed by atoms with E-state index in [9.17, 15) is 14.7 Å². The molecule has 1 saturated carbocycles. The minimum absolute atomic E-state index is 0.177. The van der Waals surface area contributed by atoms with Gasteiger partial charge in [0, 0.05) is 38.4 Å². The molecule has 2 aliphatic rings. The number of rotatable bonds is 3. The van der Waals surface area contributed by atoms with Gasteiger partial charge in [0.05, 0.1) is 5.39 Å². The fourth-order valence-electron chi connectivity index (χ4n) is 3.21. The van der Waals surface area contributed by atoms with Crippen molar-refractivity contribution in [3.63, 3.8) is 0 Å². The standard InChI is InChI=1S/C17H20N4O3/c1-19-6-8-20(9-7-19)14-5-4-12-15(22)13(17(23)24)10-21(11-2-3-11)16(12)18-14/h4-5,10-11H,2-3,6-9H2,1H3,(H,23,24). The summed E-state index contributed by atoms with van der Waals surface area (Å²) in [5.41, 5.74) is -0.0284. The van der Waals surface area contributed by atoms with Crippen molar-refractivity contribution >= 4 is 22.8 Å². The molecule has 0 bridgehead atoms. The van der Waals surface area contributed by atoms with Crippen LogP contribution < -0.4 is 10.3 Å². The maximum absolute atomic E-state index is 12.4. The van der Waals surface area contributed by atoms with E-state index in [-0.39, 0.29) is 11.6 Å². The van der Waals surface area contributed by atoms with Crippen molar-refractivity contribution in [2.24, 2.45) is 0 Å². The Morgan fingerprint density at radius 1 is 1.21 bits per heavy atom. The number of pyridine rings is 2. The molecule has 4 rings (SSSR count). The van der Waals surface area contributed by atoms with Gasteiger partial charge in [-0.3, -0.25) is 4.79 Å². The third kappa shape index (κ3) is 2.54. The summed E-state index contributed by atoms with van der Waals surface area (Å²) in [7, 11) is 2.10. The highest BCUT2D eigenvalue weighted by atomic mass is 16.4. The molecule has 1 saturated heterocycles. The first-order chi connectivity index (χ1) is 11.5. The quantitative estimate of drug-likeness (QED) is 0.911. The SMILES string of the molecule is CN1CCN(c2ccc3c(=O)c(C(=O)O)cn(C4CC4)c3n2)CC1. The second-order valence-corrected chi connectivity index (χ2v) is 6.65. The van der Waals surface area contributed by atoms with Gasteiger partial charge in [-0.15, -0.1) is 0 Å². The van der Waals surface area contributed by atoms with Crippen LogP contribution in [0, 0.1) is 0 Å². The van der Waals surface area contributed by atoms with Crippen molar-refractivity contribution in [2.45, 2.75) is 18.9 Å². The summed E-state index contributed by atoms with van der Waals surface area (Å²) in [4.78, 5) is 33.0. The Bertz CT molecular complexity index is 864. The van der Waals surface area contributed by atoms with Gasteiger partial charge in [-0.2, -0.15) is 0 Å². The second-order valence-electron chi connectivity index (χ2n) is 6.65. The first kappa shape index (κ1) is 15.1. The van der Waals surface area contributed by atoms with Gasteiger partial charge in [0.1, 0.15) is 17.0 Å². The summed E-state index contributed by atoms with van der Waals surface area (Å²) in [5, 5.41) is 9.68. The van der Waals surface area contributed by atoms with Crippen LogP contribution in [0.4, 0.5) is 5.82 Å². The number of hydrogen-bond donors (Lipinski definition) is 1. The number of carboxylic acids is 1. The molecule has 2 aromatic rings. The largest absolute Gasteiger partial charge is 0.477 e. The van der Waals surface area contributed by atoms with Crippen molar-refractivity contribution in [3.05, 3.63) is 34.1 Å². The number of carboxylic acid groups (broad SMARTS) is 1. The topological polar surface area (TPSA) is 78.7 Å². The molecule has 3 heterocycles. The first-order valence-electron chi connectivity index (χ1n) is 8.27. The van der Waals surface area contributed by atoms with Crippen LogP contribution in [0.2, 0.25) is 0 Å². The van der Waals surface area contributed by atoms with Crippen LogP contribution in [0.15, 0.2) is 23.1 Å². The number of aromatic nitrogens is 2. The summed E-state index contributed by atoms with van der Waals surface area (Å²) in [5.74, 6) is -0.327. The van der Waals surface area contributed by atoms with Crippen LogP contribution in [0.25, 0.3) is 11.0 Å². The number of likely N-dealkylation sites (N-methyl/N-ethyl adjacent to an activating group) is 1. The average Bonchev–Trinajstić information content (AvgIpc) is 3.40. The van der Waals surface area contributed by atoms with Gasteiger partial charge in [0.25, 0.3) is 0 Å². The van der Waals surface area contributed by atoms with E-state index in [0.717, 1.165) is 44.8 Å². The zero-order chi connectivity index (χ0) is 16.8. The number of aromatic carboxylic acids is 1. The van der Waals surface area contributed by atoms with E-state index in [1.54, 1.807) is 6.07 Å². The van der Waals surface area contributed by atoms with Crippen LogP contribution in [0.3, 0.4) is 0 Å². The fourth-order valence-corrected chi connectivity index (χ4v) is 3.21. The Morgan fingerprint density at radius 2 is 1.92 bits per heavy atom. The lowest BCUT2D eigenvalue weighted by Gasteiger charge is -2.33. The Kier molecular flexibility index (Phi) is 3.53. The number of nitrogens with zero attached hydrogens (tertiary/aromatic N) is 4. The Morgan fingerprint density at radius 3 is 2.54 bits per heavy atom. The second kappa shape index (κ2) is 5.59. The van der Waals surface area contributed by atoms with Crippen LogP contribution in [0.5, 0.6) is 0 Å². The van der Waals surface area contributed by atoms with Crippen molar-refractivity contribution in [1.82, 2.24) is 14.5 Å². The minimum Gasteiger partial charge on any atom is -0.477 e. The zero-order valence-corrected chi connectivity index (χ0v) is 13.6. The van der Waals surface area contributed by atoms with E-state index < -0.39 is 11.4 Å². The van der Waals surface area contributed by atoms with E-state index >= 15 is 0 Å². The van der Waals surface area contributed by atoms with E-state index in [1.165, 1.54) is 6.20 Å². The molecule has 7 nitrogen and oxygen atoms in total. The third-order valence-electron chi connectivity index (χ3n) is 4.86. The molecule has 0 radical (unpaired) electrons. The summed E-state index contributed by atoms with van der Waals surface area (Å²) in [6, 6.07) is 3.81. The van der Waals surface area contributed by atoms with E-state index in [4.69, 9.17) is 4.98 Å². The maximum atomic E-state index is 12.4. The van der Waals surface area contributed by atoms with Gasteiger partial charge in [-0.25, -0.2) is 9.78 Å².